The second-order valence-corrected chi connectivity index (χ2v) is 5.45. The number of amides is 1. The van der Waals surface area contributed by atoms with Gasteiger partial charge >= 0.3 is 0 Å². The first kappa shape index (κ1) is 18.4. The Morgan fingerprint density at radius 3 is 1.84 bits per heavy atom. The fourth-order valence-electron chi connectivity index (χ4n) is 2.18. The first-order chi connectivity index (χ1) is 9.22. The van der Waals surface area contributed by atoms with Gasteiger partial charge in [-0.3, -0.25) is 10.0 Å². The van der Waals surface area contributed by atoms with Crippen LogP contribution in [0.5, 0.6) is 0 Å². The van der Waals surface area contributed by atoms with Gasteiger partial charge in [0.05, 0.1) is 0 Å². The van der Waals surface area contributed by atoms with E-state index in [1.807, 2.05) is 0 Å². The summed E-state index contributed by atoms with van der Waals surface area (Å²) in [7, 11) is 0. The lowest BCUT2D eigenvalue weighted by Crippen LogP contribution is -2.28. The van der Waals surface area contributed by atoms with Crippen LogP contribution in [0.2, 0.25) is 0 Å². The molecule has 3 heteroatoms. The number of carbonyl (C=O) groups is 1. The summed E-state index contributed by atoms with van der Waals surface area (Å²) in [6.45, 7) is 4.87. The summed E-state index contributed by atoms with van der Waals surface area (Å²) in [5, 5.41) is 10.5. The molecule has 0 aromatic rings. The Kier molecular flexibility index (Phi) is 13.4. The van der Waals surface area contributed by atoms with Crippen molar-refractivity contribution in [2.45, 2.75) is 90.9 Å². The number of hydroxylamine groups is 2. The van der Waals surface area contributed by atoms with E-state index in [-0.39, 0.29) is 5.91 Å². The van der Waals surface area contributed by atoms with Crippen LogP contribution in [-0.2, 0) is 4.79 Å². The van der Waals surface area contributed by atoms with Crippen LogP contribution < -0.4 is 0 Å². The molecule has 1 N–H and O–H groups in total. The van der Waals surface area contributed by atoms with Gasteiger partial charge in [-0.2, -0.15) is 0 Å². The summed E-state index contributed by atoms with van der Waals surface area (Å²) in [4.78, 5) is 11.6. The lowest BCUT2D eigenvalue weighted by Gasteiger charge is -2.14. The van der Waals surface area contributed by atoms with E-state index < -0.39 is 0 Å². The van der Waals surface area contributed by atoms with Crippen LogP contribution in [0.3, 0.4) is 0 Å². The molecule has 0 aliphatic heterocycles. The van der Waals surface area contributed by atoms with Crippen molar-refractivity contribution in [2.75, 3.05) is 6.54 Å². The van der Waals surface area contributed by atoms with Crippen molar-refractivity contribution >= 4 is 5.91 Å². The molecule has 0 fully saturated rings. The first-order valence-corrected chi connectivity index (χ1v) is 8.21. The standard InChI is InChI=1S/C16H33NO2/c1-3-5-7-9-10-11-12-14-16(18)17(19)15-13-8-6-4-2/h19H,3-15H2,1-2H3. The Bertz CT molecular complexity index is 207. The van der Waals surface area contributed by atoms with E-state index >= 15 is 0 Å². The van der Waals surface area contributed by atoms with E-state index in [4.69, 9.17) is 0 Å². The molecule has 19 heavy (non-hydrogen) atoms. The van der Waals surface area contributed by atoms with E-state index in [0.717, 1.165) is 30.7 Å². The molecule has 1 amide bonds. The fraction of sp³-hybridized carbons (Fsp3) is 0.938. The lowest BCUT2D eigenvalue weighted by atomic mass is 10.1. The average Bonchev–Trinajstić information content (AvgIpc) is 2.42. The van der Waals surface area contributed by atoms with Crippen LogP contribution in [0.15, 0.2) is 0 Å². The molecular weight excluding hydrogens is 238 g/mol. The highest BCUT2D eigenvalue weighted by molar-refractivity contribution is 5.74. The van der Waals surface area contributed by atoms with Crippen molar-refractivity contribution in [3.8, 4) is 0 Å². The Hall–Kier alpha value is -0.570. The predicted molar refractivity (Wildman–Crippen MR) is 80.3 cm³/mol. The van der Waals surface area contributed by atoms with Crippen LogP contribution >= 0.6 is 0 Å². The van der Waals surface area contributed by atoms with Crippen molar-refractivity contribution in [2.24, 2.45) is 0 Å². The maximum absolute atomic E-state index is 11.6. The molecule has 0 aliphatic carbocycles. The third-order valence-electron chi connectivity index (χ3n) is 3.51. The minimum atomic E-state index is -0.106. The topological polar surface area (TPSA) is 40.5 Å². The SMILES string of the molecule is CCCCCCCCCC(=O)N(O)CCCCCC. The zero-order valence-electron chi connectivity index (χ0n) is 13.0. The van der Waals surface area contributed by atoms with Gasteiger partial charge in [0.25, 0.3) is 0 Å². The summed E-state index contributed by atoms with van der Waals surface area (Å²) >= 11 is 0. The van der Waals surface area contributed by atoms with E-state index in [1.165, 1.54) is 44.9 Å². The van der Waals surface area contributed by atoms with Crippen LogP contribution in [0.4, 0.5) is 0 Å². The average molecular weight is 271 g/mol. The molecule has 0 rings (SSSR count). The van der Waals surface area contributed by atoms with Crippen molar-refractivity contribution < 1.29 is 10.0 Å². The van der Waals surface area contributed by atoms with E-state index in [0.29, 0.717) is 13.0 Å². The largest absolute Gasteiger partial charge is 0.286 e. The van der Waals surface area contributed by atoms with Gasteiger partial charge in [-0.15, -0.1) is 0 Å². The smallest absolute Gasteiger partial charge is 0.245 e. The monoisotopic (exact) mass is 271 g/mol. The fourth-order valence-corrected chi connectivity index (χ4v) is 2.18. The van der Waals surface area contributed by atoms with E-state index in [1.54, 1.807) is 0 Å². The van der Waals surface area contributed by atoms with Crippen LogP contribution in [0, 0.1) is 0 Å². The van der Waals surface area contributed by atoms with Gasteiger partial charge in [-0.05, 0) is 12.8 Å². The van der Waals surface area contributed by atoms with Crippen molar-refractivity contribution in [3.05, 3.63) is 0 Å². The number of unbranched alkanes of at least 4 members (excludes halogenated alkanes) is 9. The Morgan fingerprint density at radius 1 is 0.789 bits per heavy atom. The number of hydrogen-bond donors (Lipinski definition) is 1. The normalized spacial score (nSPS) is 10.7. The quantitative estimate of drug-likeness (QED) is 0.293. The van der Waals surface area contributed by atoms with Crippen LogP contribution in [0.25, 0.3) is 0 Å². The molecule has 0 saturated carbocycles. The van der Waals surface area contributed by atoms with Crippen molar-refractivity contribution in [3.63, 3.8) is 0 Å². The molecule has 0 heterocycles. The highest BCUT2D eigenvalue weighted by Gasteiger charge is 2.09. The maximum atomic E-state index is 11.6. The van der Waals surface area contributed by atoms with E-state index in [2.05, 4.69) is 13.8 Å². The molecule has 0 aromatic carbocycles. The molecule has 0 radical (unpaired) electrons. The highest BCUT2D eigenvalue weighted by Crippen LogP contribution is 2.09. The molecule has 0 unspecified atom stereocenters. The molecule has 0 aliphatic rings. The lowest BCUT2D eigenvalue weighted by molar-refractivity contribution is -0.165. The minimum absolute atomic E-state index is 0.106. The third-order valence-corrected chi connectivity index (χ3v) is 3.51. The summed E-state index contributed by atoms with van der Waals surface area (Å²) in [6, 6.07) is 0. The minimum Gasteiger partial charge on any atom is -0.286 e. The molecule has 0 spiro atoms. The molecular formula is C16H33NO2. The molecule has 0 aromatic heterocycles. The molecule has 114 valence electrons. The third kappa shape index (κ3) is 12.2. The van der Waals surface area contributed by atoms with Gasteiger partial charge in [-0.1, -0.05) is 71.6 Å². The van der Waals surface area contributed by atoms with Crippen LogP contribution in [0.1, 0.15) is 90.9 Å². The Balaban J connectivity index is 3.36. The summed E-state index contributed by atoms with van der Waals surface area (Å²) < 4.78 is 0. The van der Waals surface area contributed by atoms with E-state index in [9.17, 15) is 10.0 Å². The van der Waals surface area contributed by atoms with Gasteiger partial charge in [0.2, 0.25) is 5.91 Å². The van der Waals surface area contributed by atoms with Gasteiger partial charge in [0.15, 0.2) is 0 Å². The number of carbonyl (C=O) groups excluding carboxylic acids is 1. The highest BCUT2D eigenvalue weighted by atomic mass is 16.5. The molecule has 3 nitrogen and oxygen atoms in total. The summed E-state index contributed by atoms with van der Waals surface area (Å²) in [6.07, 6.45) is 13.3. The zero-order chi connectivity index (χ0) is 14.3. The first-order valence-electron chi connectivity index (χ1n) is 8.21. The zero-order valence-corrected chi connectivity index (χ0v) is 13.0. The second-order valence-electron chi connectivity index (χ2n) is 5.45. The summed E-state index contributed by atoms with van der Waals surface area (Å²) in [5.41, 5.74) is 0. The molecule has 0 bridgehead atoms. The van der Waals surface area contributed by atoms with Gasteiger partial charge < -0.3 is 0 Å². The molecule has 0 saturated heterocycles. The predicted octanol–water partition coefficient (Wildman–Crippen LogP) is 4.93. The number of nitrogens with zero attached hydrogens (tertiary/aromatic N) is 1. The Labute approximate surface area is 119 Å². The van der Waals surface area contributed by atoms with Gasteiger partial charge in [0.1, 0.15) is 0 Å². The second kappa shape index (κ2) is 13.9. The van der Waals surface area contributed by atoms with Crippen molar-refractivity contribution in [1.29, 1.82) is 0 Å². The van der Waals surface area contributed by atoms with Crippen LogP contribution in [-0.4, -0.2) is 22.7 Å². The summed E-state index contributed by atoms with van der Waals surface area (Å²) in [5.74, 6) is -0.106. The maximum Gasteiger partial charge on any atom is 0.245 e. The molecule has 0 atom stereocenters. The van der Waals surface area contributed by atoms with Crippen molar-refractivity contribution in [1.82, 2.24) is 5.06 Å². The van der Waals surface area contributed by atoms with Gasteiger partial charge in [-0.25, -0.2) is 5.06 Å². The Morgan fingerprint density at radius 2 is 1.26 bits per heavy atom. The number of hydrogen-bond acceptors (Lipinski definition) is 2. The number of rotatable bonds is 13. The van der Waals surface area contributed by atoms with Gasteiger partial charge in [0, 0.05) is 13.0 Å².